The van der Waals surface area contributed by atoms with Crippen LogP contribution in [-0.2, 0) is 23.1 Å². The largest absolute Gasteiger partial charge is 0.451 e. The van der Waals surface area contributed by atoms with Crippen molar-refractivity contribution in [2.24, 2.45) is 7.05 Å². The monoisotopic (exact) mass is 306 g/mol. The van der Waals surface area contributed by atoms with Crippen molar-refractivity contribution in [3.8, 4) is 0 Å². The Labute approximate surface area is 127 Å². The Bertz CT molecular complexity index is 635. The van der Waals surface area contributed by atoms with Crippen molar-refractivity contribution in [2.45, 2.75) is 6.54 Å². The molecule has 0 bridgehead atoms. The van der Waals surface area contributed by atoms with Crippen LogP contribution in [0, 0.1) is 0 Å². The number of nitrogens with zero attached hydrogens (tertiary/aromatic N) is 1. The predicted octanol–water partition coefficient (Wildman–Crippen LogP) is 2.15. The first kappa shape index (κ1) is 15.1. The number of nitrogens with one attached hydrogen (secondary N) is 1. The summed E-state index contributed by atoms with van der Waals surface area (Å²) in [4.78, 5) is 23.3. The predicted molar refractivity (Wildman–Crippen MR) is 79.0 cm³/mol. The maximum Gasteiger partial charge on any atom is 0.355 e. The van der Waals surface area contributed by atoms with E-state index in [0.717, 1.165) is 5.56 Å². The van der Waals surface area contributed by atoms with Crippen LogP contribution in [0.25, 0.3) is 0 Å². The lowest BCUT2D eigenvalue weighted by Gasteiger charge is -2.07. The second kappa shape index (κ2) is 6.95. The van der Waals surface area contributed by atoms with E-state index in [1.807, 2.05) is 12.1 Å². The van der Waals surface area contributed by atoms with E-state index in [-0.39, 0.29) is 12.5 Å². The number of carbonyl (C=O) groups excluding carboxylic acids is 2. The zero-order valence-electron chi connectivity index (χ0n) is 11.5. The number of hydrogen-bond acceptors (Lipinski definition) is 3. The fourth-order valence-corrected chi connectivity index (χ4v) is 1.86. The summed E-state index contributed by atoms with van der Waals surface area (Å²) in [7, 11) is 1.73. The highest BCUT2D eigenvalue weighted by Crippen LogP contribution is 2.09. The standard InChI is InChI=1S/C15H15ClN2O3/c1-18-8-2-3-13(18)15(20)21-10-14(19)17-9-11-4-6-12(16)7-5-11/h2-8H,9-10H2,1H3,(H,17,19). The molecular formula is C15H15ClN2O3. The SMILES string of the molecule is Cn1cccc1C(=O)OCC(=O)NCc1ccc(Cl)cc1. The molecule has 2 rings (SSSR count). The van der Waals surface area contributed by atoms with E-state index in [9.17, 15) is 9.59 Å². The van der Waals surface area contributed by atoms with E-state index < -0.39 is 5.97 Å². The third kappa shape index (κ3) is 4.36. The van der Waals surface area contributed by atoms with Crippen LogP contribution < -0.4 is 5.32 Å². The van der Waals surface area contributed by atoms with Crippen LogP contribution in [0.15, 0.2) is 42.6 Å². The van der Waals surface area contributed by atoms with E-state index in [1.54, 1.807) is 42.1 Å². The maximum atomic E-state index is 11.7. The van der Waals surface area contributed by atoms with Gasteiger partial charge < -0.3 is 14.6 Å². The second-order valence-electron chi connectivity index (χ2n) is 4.48. The Morgan fingerprint density at radius 2 is 1.95 bits per heavy atom. The van der Waals surface area contributed by atoms with Gasteiger partial charge in [-0.3, -0.25) is 4.79 Å². The van der Waals surface area contributed by atoms with Crippen molar-refractivity contribution in [1.82, 2.24) is 9.88 Å². The molecule has 2 aromatic rings. The van der Waals surface area contributed by atoms with Gasteiger partial charge in [0.15, 0.2) is 6.61 Å². The molecule has 110 valence electrons. The van der Waals surface area contributed by atoms with Crippen LogP contribution in [0.5, 0.6) is 0 Å². The van der Waals surface area contributed by atoms with E-state index in [0.29, 0.717) is 17.3 Å². The molecule has 0 aliphatic carbocycles. The third-order valence-corrected chi connectivity index (χ3v) is 3.14. The van der Waals surface area contributed by atoms with Gasteiger partial charge in [-0.25, -0.2) is 4.79 Å². The molecule has 1 heterocycles. The highest BCUT2D eigenvalue weighted by atomic mass is 35.5. The lowest BCUT2D eigenvalue weighted by atomic mass is 10.2. The first-order valence-electron chi connectivity index (χ1n) is 6.36. The van der Waals surface area contributed by atoms with Crippen molar-refractivity contribution in [3.63, 3.8) is 0 Å². The average Bonchev–Trinajstić information content (AvgIpc) is 2.90. The van der Waals surface area contributed by atoms with Gasteiger partial charge in [0.05, 0.1) is 0 Å². The zero-order chi connectivity index (χ0) is 15.2. The van der Waals surface area contributed by atoms with Crippen molar-refractivity contribution in [1.29, 1.82) is 0 Å². The minimum atomic E-state index is -0.524. The smallest absolute Gasteiger partial charge is 0.355 e. The fraction of sp³-hybridized carbons (Fsp3) is 0.200. The number of ether oxygens (including phenoxy) is 1. The number of aromatic nitrogens is 1. The van der Waals surface area contributed by atoms with Crippen molar-refractivity contribution >= 4 is 23.5 Å². The molecule has 0 fully saturated rings. The van der Waals surface area contributed by atoms with Crippen LogP contribution in [0.3, 0.4) is 0 Å². The summed E-state index contributed by atoms with van der Waals surface area (Å²) in [6.07, 6.45) is 1.73. The van der Waals surface area contributed by atoms with Gasteiger partial charge in [-0.2, -0.15) is 0 Å². The summed E-state index contributed by atoms with van der Waals surface area (Å²) >= 11 is 5.77. The summed E-state index contributed by atoms with van der Waals surface area (Å²) in [6.45, 7) is 0.0509. The van der Waals surface area contributed by atoms with Crippen molar-refractivity contribution in [2.75, 3.05) is 6.61 Å². The molecule has 0 aliphatic rings. The van der Waals surface area contributed by atoms with E-state index in [4.69, 9.17) is 16.3 Å². The highest BCUT2D eigenvalue weighted by molar-refractivity contribution is 6.30. The first-order valence-corrected chi connectivity index (χ1v) is 6.73. The van der Waals surface area contributed by atoms with E-state index in [1.165, 1.54) is 0 Å². The molecule has 6 heteroatoms. The molecule has 0 spiro atoms. The summed E-state index contributed by atoms with van der Waals surface area (Å²) < 4.78 is 6.58. The maximum absolute atomic E-state index is 11.7. The van der Waals surface area contributed by atoms with Crippen LogP contribution in [0.2, 0.25) is 5.02 Å². The van der Waals surface area contributed by atoms with Crippen molar-refractivity contribution in [3.05, 3.63) is 58.9 Å². The van der Waals surface area contributed by atoms with Crippen LogP contribution in [-0.4, -0.2) is 23.1 Å². The minimum Gasteiger partial charge on any atom is -0.451 e. The van der Waals surface area contributed by atoms with Gasteiger partial charge in [0, 0.05) is 24.8 Å². The summed E-state index contributed by atoms with van der Waals surface area (Å²) in [5.74, 6) is -0.878. The number of rotatable bonds is 5. The van der Waals surface area contributed by atoms with Gasteiger partial charge in [-0.05, 0) is 29.8 Å². The number of benzene rings is 1. The second-order valence-corrected chi connectivity index (χ2v) is 4.92. The average molecular weight is 307 g/mol. The highest BCUT2D eigenvalue weighted by Gasteiger charge is 2.12. The molecule has 0 saturated heterocycles. The Balaban J connectivity index is 1.76. The van der Waals surface area contributed by atoms with E-state index in [2.05, 4.69) is 5.32 Å². The molecule has 0 aliphatic heterocycles. The molecule has 0 unspecified atom stereocenters. The van der Waals surface area contributed by atoms with Crippen molar-refractivity contribution < 1.29 is 14.3 Å². The first-order chi connectivity index (χ1) is 10.1. The molecule has 5 nitrogen and oxygen atoms in total. The number of carbonyl (C=O) groups is 2. The third-order valence-electron chi connectivity index (χ3n) is 2.89. The number of hydrogen-bond donors (Lipinski definition) is 1. The Hall–Kier alpha value is -2.27. The number of aryl methyl sites for hydroxylation is 1. The number of esters is 1. The topological polar surface area (TPSA) is 60.3 Å². The fourth-order valence-electron chi connectivity index (χ4n) is 1.73. The molecule has 0 saturated carbocycles. The molecule has 0 atom stereocenters. The summed E-state index contributed by atoms with van der Waals surface area (Å²) in [5.41, 5.74) is 1.32. The molecular weight excluding hydrogens is 292 g/mol. The van der Waals surface area contributed by atoms with Crippen LogP contribution in [0.4, 0.5) is 0 Å². The Kier molecular flexibility index (Phi) is 5.00. The van der Waals surface area contributed by atoms with E-state index >= 15 is 0 Å². The van der Waals surface area contributed by atoms with Gasteiger partial charge in [0.2, 0.25) is 0 Å². The van der Waals surface area contributed by atoms with Gasteiger partial charge in [-0.1, -0.05) is 23.7 Å². The van der Waals surface area contributed by atoms with Crippen LogP contribution in [0.1, 0.15) is 16.1 Å². The van der Waals surface area contributed by atoms with Crippen LogP contribution >= 0.6 is 11.6 Å². The molecule has 1 aromatic heterocycles. The summed E-state index contributed by atoms with van der Waals surface area (Å²) in [5, 5.41) is 3.31. The van der Waals surface area contributed by atoms with Gasteiger partial charge in [0.25, 0.3) is 5.91 Å². The molecule has 0 radical (unpaired) electrons. The normalized spacial score (nSPS) is 10.2. The van der Waals surface area contributed by atoms with Gasteiger partial charge in [0.1, 0.15) is 5.69 Å². The molecule has 21 heavy (non-hydrogen) atoms. The molecule has 1 amide bonds. The molecule has 1 N–H and O–H groups in total. The zero-order valence-corrected chi connectivity index (χ0v) is 12.3. The quantitative estimate of drug-likeness (QED) is 0.861. The van der Waals surface area contributed by atoms with Gasteiger partial charge in [-0.15, -0.1) is 0 Å². The van der Waals surface area contributed by atoms with Gasteiger partial charge >= 0.3 is 5.97 Å². The summed E-state index contributed by atoms with van der Waals surface area (Å²) in [6, 6.07) is 10.5. The Morgan fingerprint density at radius 1 is 1.24 bits per heavy atom. The lowest BCUT2D eigenvalue weighted by molar-refractivity contribution is -0.124. The number of halogens is 1. The lowest BCUT2D eigenvalue weighted by Crippen LogP contribution is -2.28. The Morgan fingerprint density at radius 3 is 2.57 bits per heavy atom. The number of amides is 1. The molecule has 1 aromatic carbocycles. The minimum absolute atomic E-state index is 0.308.